The minimum Gasteiger partial charge on any atom is -0.508 e. The summed E-state index contributed by atoms with van der Waals surface area (Å²) in [6.07, 6.45) is 1.45. The van der Waals surface area contributed by atoms with Crippen LogP contribution in [-0.2, 0) is 16.0 Å². The maximum atomic E-state index is 11.9. The molecule has 1 unspecified atom stereocenters. The summed E-state index contributed by atoms with van der Waals surface area (Å²) in [6.45, 7) is 3.48. The lowest BCUT2D eigenvalue weighted by Crippen LogP contribution is -2.30. The molecule has 1 aromatic carbocycles. The predicted molar refractivity (Wildman–Crippen MR) is 61.3 cm³/mol. The van der Waals surface area contributed by atoms with Gasteiger partial charge in [-0.15, -0.1) is 0 Å². The molecule has 0 aromatic heterocycles. The minimum absolute atomic E-state index is 0.0873. The van der Waals surface area contributed by atoms with Crippen molar-refractivity contribution in [2.45, 2.75) is 26.7 Å². The number of carbonyl (C=O) groups is 2. The molecule has 1 aromatic rings. The average molecular weight is 220 g/mol. The van der Waals surface area contributed by atoms with Gasteiger partial charge < -0.3 is 9.90 Å². The average Bonchev–Trinajstić information content (AvgIpc) is 2.31. The lowest BCUT2D eigenvalue weighted by Gasteiger charge is -2.19. The molecule has 0 fully saturated rings. The Labute approximate surface area is 95.1 Å². The molecular formula is C13H16O3. The fourth-order valence-corrected chi connectivity index (χ4v) is 1.35. The van der Waals surface area contributed by atoms with Gasteiger partial charge in [-0.2, -0.15) is 0 Å². The molecule has 16 heavy (non-hydrogen) atoms. The third-order valence-electron chi connectivity index (χ3n) is 2.93. The van der Waals surface area contributed by atoms with E-state index in [-0.39, 0.29) is 18.0 Å². The van der Waals surface area contributed by atoms with Crippen molar-refractivity contribution in [3.05, 3.63) is 29.8 Å². The highest BCUT2D eigenvalue weighted by Crippen LogP contribution is 2.22. The zero-order valence-electron chi connectivity index (χ0n) is 9.56. The van der Waals surface area contributed by atoms with E-state index in [1.54, 1.807) is 19.1 Å². The quantitative estimate of drug-likeness (QED) is 0.610. The van der Waals surface area contributed by atoms with Crippen molar-refractivity contribution in [1.82, 2.24) is 0 Å². The Kier molecular flexibility index (Phi) is 3.82. The van der Waals surface area contributed by atoms with Gasteiger partial charge in [0.05, 0.1) is 5.41 Å². The zero-order chi connectivity index (χ0) is 12.2. The topological polar surface area (TPSA) is 54.4 Å². The second kappa shape index (κ2) is 4.92. The predicted octanol–water partition coefficient (Wildman–Crippen LogP) is 2.12. The summed E-state index contributed by atoms with van der Waals surface area (Å²) in [5, 5.41) is 9.10. The third kappa shape index (κ3) is 2.69. The summed E-state index contributed by atoms with van der Waals surface area (Å²) < 4.78 is 0. The molecule has 0 aliphatic heterocycles. The molecule has 0 saturated heterocycles. The number of aldehydes is 1. The molecule has 0 amide bonds. The Hall–Kier alpha value is -1.64. The number of hydrogen-bond donors (Lipinski definition) is 1. The first kappa shape index (κ1) is 12.4. The first-order valence-corrected chi connectivity index (χ1v) is 5.29. The Morgan fingerprint density at radius 1 is 1.38 bits per heavy atom. The second-order valence-corrected chi connectivity index (χ2v) is 4.16. The van der Waals surface area contributed by atoms with Crippen molar-refractivity contribution in [2.24, 2.45) is 5.41 Å². The number of rotatable bonds is 5. The molecule has 0 aliphatic carbocycles. The van der Waals surface area contributed by atoms with Crippen LogP contribution >= 0.6 is 0 Å². The van der Waals surface area contributed by atoms with Crippen LogP contribution in [0.4, 0.5) is 0 Å². The summed E-state index contributed by atoms with van der Waals surface area (Å²) in [5.74, 6) is 0.0838. The van der Waals surface area contributed by atoms with Gasteiger partial charge in [-0.1, -0.05) is 19.1 Å². The van der Waals surface area contributed by atoms with E-state index < -0.39 is 5.41 Å². The molecular weight excluding hydrogens is 204 g/mol. The summed E-state index contributed by atoms with van der Waals surface area (Å²) in [4.78, 5) is 22.8. The van der Waals surface area contributed by atoms with Crippen molar-refractivity contribution in [3.8, 4) is 5.75 Å². The Balaban J connectivity index is 2.78. The number of phenols is 1. The van der Waals surface area contributed by atoms with Gasteiger partial charge in [0.2, 0.25) is 0 Å². The van der Waals surface area contributed by atoms with Crippen LogP contribution in [0.3, 0.4) is 0 Å². The highest BCUT2D eigenvalue weighted by Gasteiger charge is 2.30. The lowest BCUT2D eigenvalue weighted by atomic mass is 9.82. The molecule has 0 heterocycles. The lowest BCUT2D eigenvalue weighted by molar-refractivity contribution is -0.133. The van der Waals surface area contributed by atoms with Crippen molar-refractivity contribution in [1.29, 1.82) is 0 Å². The molecule has 1 rings (SSSR count). The van der Waals surface area contributed by atoms with Crippen LogP contribution < -0.4 is 0 Å². The van der Waals surface area contributed by atoms with Gasteiger partial charge in [-0.05, 0) is 31.0 Å². The summed E-state index contributed by atoms with van der Waals surface area (Å²) >= 11 is 0. The van der Waals surface area contributed by atoms with Crippen LogP contribution in [0.25, 0.3) is 0 Å². The van der Waals surface area contributed by atoms with Crippen LogP contribution in [0.5, 0.6) is 5.75 Å². The van der Waals surface area contributed by atoms with Crippen LogP contribution in [0.2, 0.25) is 0 Å². The number of phenolic OH excluding ortho intramolecular Hbond substituents is 1. The maximum absolute atomic E-state index is 11.9. The van der Waals surface area contributed by atoms with E-state index in [9.17, 15) is 9.59 Å². The van der Waals surface area contributed by atoms with Gasteiger partial charge >= 0.3 is 0 Å². The number of aromatic hydroxyl groups is 1. The Morgan fingerprint density at radius 3 is 2.38 bits per heavy atom. The molecule has 86 valence electrons. The van der Waals surface area contributed by atoms with Crippen LogP contribution in [-0.4, -0.2) is 17.2 Å². The van der Waals surface area contributed by atoms with E-state index in [0.29, 0.717) is 6.42 Å². The number of ketones is 1. The van der Waals surface area contributed by atoms with Crippen LogP contribution in [0, 0.1) is 5.41 Å². The molecule has 0 spiro atoms. The van der Waals surface area contributed by atoms with Crippen molar-refractivity contribution in [2.75, 3.05) is 0 Å². The van der Waals surface area contributed by atoms with E-state index in [4.69, 9.17) is 5.11 Å². The Morgan fingerprint density at radius 2 is 1.94 bits per heavy atom. The smallest absolute Gasteiger partial charge is 0.150 e. The fourth-order valence-electron chi connectivity index (χ4n) is 1.35. The fraction of sp³-hybridized carbons (Fsp3) is 0.385. The van der Waals surface area contributed by atoms with E-state index >= 15 is 0 Å². The molecule has 0 bridgehead atoms. The van der Waals surface area contributed by atoms with Gasteiger partial charge in [0.15, 0.2) is 0 Å². The Bertz CT molecular complexity index is 381. The van der Waals surface area contributed by atoms with Gasteiger partial charge in [-0.25, -0.2) is 0 Å². The molecule has 3 nitrogen and oxygen atoms in total. The number of benzene rings is 1. The van der Waals surface area contributed by atoms with Gasteiger partial charge in [0.25, 0.3) is 0 Å². The molecule has 0 radical (unpaired) electrons. The number of Topliss-reactive ketones (excluding diaryl/α,β-unsaturated/α-hetero) is 1. The summed E-state index contributed by atoms with van der Waals surface area (Å²) in [5.41, 5.74) is -0.0814. The largest absolute Gasteiger partial charge is 0.508 e. The van der Waals surface area contributed by atoms with Crippen LogP contribution in [0.1, 0.15) is 25.8 Å². The highest BCUT2D eigenvalue weighted by molar-refractivity contribution is 5.98. The van der Waals surface area contributed by atoms with Gasteiger partial charge in [-0.3, -0.25) is 4.79 Å². The molecule has 3 heteroatoms. The van der Waals surface area contributed by atoms with Crippen molar-refractivity contribution >= 4 is 12.1 Å². The summed E-state index contributed by atoms with van der Waals surface area (Å²) in [7, 11) is 0. The molecule has 0 saturated carbocycles. The first-order valence-electron chi connectivity index (χ1n) is 5.29. The maximum Gasteiger partial charge on any atom is 0.150 e. The minimum atomic E-state index is -0.891. The van der Waals surface area contributed by atoms with E-state index in [2.05, 4.69) is 0 Å². The summed E-state index contributed by atoms with van der Waals surface area (Å²) in [6, 6.07) is 6.45. The van der Waals surface area contributed by atoms with Crippen molar-refractivity contribution < 1.29 is 14.7 Å². The highest BCUT2D eigenvalue weighted by atomic mass is 16.3. The second-order valence-electron chi connectivity index (χ2n) is 4.16. The van der Waals surface area contributed by atoms with Crippen molar-refractivity contribution in [3.63, 3.8) is 0 Å². The molecule has 1 atom stereocenters. The van der Waals surface area contributed by atoms with E-state index in [1.165, 1.54) is 12.1 Å². The first-order chi connectivity index (χ1) is 7.51. The monoisotopic (exact) mass is 220 g/mol. The van der Waals surface area contributed by atoms with E-state index in [0.717, 1.165) is 11.8 Å². The van der Waals surface area contributed by atoms with Gasteiger partial charge in [0.1, 0.15) is 17.8 Å². The van der Waals surface area contributed by atoms with Gasteiger partial charge in [0, 0.05) is 6.42 Å². The SMILES string of the molecule is CCC(C)(C=O)C(=O)Cc1ccc(O)cc1. The number of carbonyl (C=O) groups excluding carboxylic acids is 2. The molecule has 1 N–H and O–H groups in total. The zero-order valence-corrected chi connectivity index (χ0v) is 9.56. The standard InChI is InChI=1S/C13H16O3/c1-3-13(2,9-14)12(16)8-10-4-6-11(15)7-5-10/h4-7,9,15H,3,8H2,1-2H3. The van der Waals surface area contributed by atoms with Crippen LogP contribution in [0.15, 0.2) is 24.3 Å². The number of hydrogen-bond acceptors (Lipinski definition) is 3. The third-order valence-corrected chi connectivity index (χ3v) is 2.93. The normalized spacial score (nSPS) is 14.1. The molecule has 0 aliphatic rings. The van der Waals surface area contributed by atoms with E-state index in [1.807, 2.05) is 6.92 Å².